The maximum Gasteiger partial charge on any atom is 0.254 e. The van der Waals surface area contributed by atoms with Crippen LogP contribution in [0.3, 0.4) is 0 Å². The fourth-order valence-corrected chi connectivity index (χ4v) is 2.55. The molecule has 1 amide bonds. The van der Waals surface area contributed by atoms with Crippen molar-refractivity contribution in [2.45, 2.75) is 65.5 Å². The first-order valence-corrected chi connectivity index (χ1v) is 8.71. The first-order chi connectivity index (χ1) is 11.1. The van der Waals surface area contributed by atoms with E-state index in [1.165, 1.54) is 0 Å². The summed E-state index contributed by atoms with van der Waals surface area (Å²) in [5.41, 5.74) is 1.20. The van der Waals surface area contributed by atoms with Gasteiger partial charge < -0.3 is 14.7 Å². The molecule has 1 aromatic rings. The zero-order valence-corrected chi connectivity index (χ0v) is 16.1. The standard InChI is InChI=1S/C20H33NO3/c1-19(2,3)21(13-15-24-20(4,5)6)18(23)17-12-8-7-10-16(17)11-9-14-22/h7-8,10,12,22H,9,11,13-15H2,1-6H3. The van der Waals surface area contributed by atoms with E-state index in [9.17, 15) is 4.79 Å². The molecule has 4 nitrogen and oxygen atoms in total. The van der Waals surface area contributed by atoms with Gasteiger partial charge in [-0.3, -0.25) is 4.79 Å². The molecule has 0 aliphatic carbocycles. The second kappa shape index (κ2) is 8.63. The summed E-state index contributed by atoms with van der Waals surface area (Å²) in [5, 5.41) is 9.08. The maximum atomic E-state index is 13.1. The van der Waals surface area contributed by atoms with Crippen molar-refractivity contribution in [3.05, 3.63) is 35.4 Å². The monoisotopic (exact) mass is 335 g/mol. The van der Waals surface area contributed by atoms with Gasteiger partial charge in [0.1, 0.15) is 0 Å². The van der Waals surface area contributed by atoms with E-state index in [2.05, 4.69) is 0 Å². The number of aryl methyl sites for hydroxylation is 1. The Labute approximate surface area is 146 Å². The summed E-state index contributed by atoms with van der Waals surface area (Å²) >= 11 is 0. The maximum absolute atomic E-state index is 13.1. The van der Waals surface area contributed by atoms with Crippen molar-refractivity contribution >= 4 is 5.91 Å². The summed E-state index contributed by atoms with van der Waals surface area (Å²) in [6.07, 6.45) is 1.36. The van der Waals surface area contributed by atoms with Gasteiger partial charge in [-0.15, -0.1) is 0 Å². The molecule has 0 bridgehead atoms. The summed E-state index contributed by atoms with van der Waals surface area (Å²) in [5.74, 6) is 0.0218. The molecule has 0 aliphatic heterocycles. The third kappa shape index (κ3) is 6.62. The van der Waals surface area contributed by atoms with Crippen molar-refractivity contribution in [2.24, 2.45) is 0 Å². The highest BCUT2D eigenvalue weighted by Gasteiger charge is 2.28. The van der Waals surface area contributed by atoms with Crippen molar-refractivity contribution in [3.8, 4) is 0 Å². The van der Waals surface area contributed by atoms with Gasteiger partial charge in [-0.05, 0) is 66.0 Å². The molecule has 0 spiro atoms. The summed E-state index contributed by atoms with van der Waals surface area (Å²) in [6.45, 7) is 13.3. The van der Waals surface area contributed by atoms with E-state index in [0.717, 1.165) is 11.1 Å². The lowest BCUT2D eigenvalue weighted by Crippen LogP contribution is -2.48. The van der Waals surface area contributed by atoms with Crippen LogP contribution in [0.25, 0.3) is 0 Å². The third-order valence-corrected chi connectivity index (χ3v) is 3.76. The molecule has 0 aliphatic rings. The van der Waals surface area contributed by atoms with E-state index < -0.39 is 0 Å². The second-order valence-electron chi connectivity index (χ2n) is 8.07. The number of carbonyl (C=O) groups is 1. The van der Waals surface area contributed by atoms with Gasteiger partial charge in [0, 0.05) is 24.3 Å². The molecule has 0 atom stereocenters. The number of hydrogen-bond acceptors (Lipinski definition) is 3. The van der Waals surface area contributed by atoms with Crippen LogP contribution in [0, 0.1) is 0 Å². The molecule has 1 rings (SSSR count). The highest BCUT2D eigenvalue weighted by molar-refractivity contribution is 5.96. The fraction of sp³-hybridized carbons (Fsp3) is 0.650. The van der Waals surface area contributed by atoms with Gasteiger partial charge in [0.25, 0.3) is 5.91 Å². The minimum absolute atomic E-state index is 0.0218. The third-order valence-electron chi connectivity index (χ3n) is 3.76. The molecule has 0 heterocycles. The van der Waals surface area contributed by atoms with Gasteiger partial charge in [0.05, 0.1) is 12.2 Å². The molecule has 1 N–H and O–H groups in total. The Morgan fingerprint density at radius 2 is 1.75 bits per heavy atom. The van der Waals surface area contributed by atoms with Crippen LogP contribution >= 0.6 is 0 Å². The Bertz CT molecular complexity index is 526. The summed E-state index contributed by atoms with van der Waals surface area (Å²) in [4.78, 5) is 15.0. The molecule has 0 radical (unpaired) electrons. The van der Waals surface area contributed by atoms with Crippen molar-refractivity contribution in [3.63, 3.8) is 0 Å². The van der Waals surface area contributed by atoms with Crippen LogP contribution in [-0.2, 0) is 11.2 Å². The number of carbonyl (C=O) groups excluding carboxylic acids is 1. The molecule has 0 saturated heterocycles. The Morgan fingerprint density at radius 3 is 2.29 bits per heavy atom. The number of benzene rings is 1. The van der Waals surface area contributed by atoms with Crippen molar-refractivity contribution in [1.82, 2.24) is 4.90 Å². The highest BCUT2D eigenvalue weighted by Crippen LogP contribution is 2.21. The van der Waals surface area contributed by atoms with Gasteiger partial charge in [-0.2, -0.15) is 0 Å². The normalized spacial score (nSPS) is 12.3. The lowest BCUT2D eigenvalue weighted by Gasteiger charge is -2.37. The van der Waals surface area contributed by atoms with Crippen LogP contribution in [0.15, 0.2) is 24.3 Å². The molecule has 1 aromatic carbocycles. The lowest BCUT2D eigenvalue weighted by atomic mass is 9.99. The second-order valence-corrected chi connectivity index (χ2v) is 8.07. The van der Waals surface area contributed by atoms with E-state index in [1.807, 2.05) is 70.7 Å². The highest BCUT2D eigenvalue weighted by atomic mass is 16.5. The van der Waals surface area contributed by atoms with Crippen molar-refractivity contribution in [1.29, 1.82) is 0 Å². The van der Waals surface area contributed by atoms with E-state index in [4.69, 9.17) is 9.84 Å². The number of rotatable bonds is 7. The molecular weight excluding hydrogens is 302 g/mol. The summed E-state index contributed by atoms with van der Waals surface area (Å²) < 4.78 is 5.81. The average molecular weight is 335 g/mol. The first kappa shape index (κ1) is 20.7. The topological polar surface area (TPSA) is 49.8 Å². The number of nitrogens with zero attached hydrogens (tertiary/aromatic N) is 1. The molecule has 0 aromatic heterocycles. The zero-order valence-electron chi connectivity index (χ0n) is 16.1. The molecule has 0 unspecified atom stereocenters. The minimum Gasteiger partial charge on any atom is -0.396 e. The predicted molar refractivity (Wildman–Crippen MR) is 98.3 cm³/mol. The Hall–Kier alpha value is -1.39. The molecule has 0 saturated carbocycles. The Morgan fingerprint density at radius 1 is 1.12 bits per heavy atom. The number of ether oxygens (including phenoxy) is 1. The van der Waals surface area contributed by atoms with Gasteiger partial charge >= 0.3 is 0 Å². The summed E-state index contributed by atoms with van der Waals surface area (Å²) in [6, 6.07) is 7.67. The molecule has 136 valence electrons. The quantitative estimate of drug-likeness (QED) is 0.827. The number of amides is 1. The largest absolute Gasteiger partial charge is 0.396 e. The van der Waals surface area contributed by atoms with E-state index in [1.54, 1.807) is 0 Å². The summed E-state index contributed by atoms with van der Waals surface area (Å²) in [7, 11) is 0. The number of hydrogen-bond donors (Lipinski definition) is 1. The van der Waals surface area contributed by atoms with E-state index in [0.29, 0.717) is 26.0 Å². The predicted octanol–water partition coefficient (Wildman–Crippen LogP) is 3.67. The van der Waals surface area contributed by atoms with Gasteiger partial charge in [-0.25, -0.2) is 0 Å². The van der Waals surface area contributed by atoms with Crippen LogP contribution in [0.5, 0.6) is 0 Å². The van der Waals surface area contributed by atoms with Crippen LogP contribution in [0.1, 0.15) is 63.9 Å². The van der Waals surface area contributed by atoms with Crippen LogP contribution in [0.2, 0.25) is 0 Å². The van der Waals surface area contributed by atoms with E-state index >= 15 is 0 Å². The average Bonchev–Trinajstić information content (AvgIpc) is 2.47. The van der Waals surface area contributed by atoms with Crippen LogP contribution < -0.4 is 0 Å². The van der Waals surface area contributed by atoms with E-state index in [-0.39, 0.29) is 23.7 Å². The van der Waals surface area contributed by atoms with Crippen LogP contribution in [0.4, 0.5) is 0 Å². The molecular formula is C20H33NO3. The number of aliphatic hydroxyl groups excluding tert-OH is 1. The van der Waals surface area contributed by atoms with Gasteiger partial charge in [-0.1, -0.05) is 18.2 Å². The fourth-order valence-electron chi connectivity index (χ4n) is 2.55. The molecule has 0 fully saturated rings. The van der Waals surface area contributed by atoms with Crippen LogP contribution in [-0.4, -0.2) is 46.8 Å². The smallest absolute Gasteiger partial charge is 0.254 e. The number of aliphatic hydroxyl groups is 1. The Balaban J connectivity index is 2.96. The SMILES string of the molecule is CC(C)(C)OCCN(C(=O)c1ccccc1CCCO)C(C)(C)C. The van der Waals surface area contributed by atoms with Crippen molar-refractivity contribution in [2.75, 3.05) is 19.8 Å². The molecule has 24 heavy (non-hydrogen) atoms. The van der Waals surface area contributed by atoms with Crippen molar-refractivity contribution < 1.29 is 14.6 Å². The first-order valence-electron chi connectivity index (χ1n) is 8.71. The van der Waals surface area contributed by atoms with Gasteiger partial charge in [0.2, 0.25) is 0 Å². The lowest BCUT2D eigenvalue weighted by molar-refractivity contribution is -0.0202. The zero-order chi connectivity index (χ0) is 18.4. The van der Waals surface area contributed by atoms with Gasteiger partial charge in [0.15, 0.2) is 0 Å². The molecule has 4 heteroatoms. The minimum atomic E-state index is -0.289. The Kier molecular flexibility index (Phi) is 7.43.